The molecule has 2 aromatic heterocycles. The van der Waals surface area contributed by atoms with Gasteiger partial charge in [-0.05, 0) is 31.4 Å². The first-order chi connectivity index (χ1) is 10.9. The number of nitrogens with one attached hydrogen (secondary N) is 2. The van der Waals surface area contributed by atoms with E-state index in [0.717, 1.165) is 0 Å². The number of rotatable bonds is 6. The lowest BCUT2D eigenvalue weighted by Crippen LogP contribution is -2.44. The van der Waals surface area contributed by atoms with Crippen LogP contribution in [0.3, 0.4) is 0 Å². The second kappa shape index (κ2) is 7.10. The van der Waals surface area contributed by atoms with Crippen molar-refractivity contribution in [2.75, 3.05) is 0 Å². The van der Waals surface area contributed by atoms with Gasteiger partial charge in [0.2, 0.25) is 5.91 Å². The van der Waals surface area contributed by atoms with Crippen molar-refractivity contribution in [1.29, 1.82) is 0 Å². The van der Waals surface area contributed by atoms with Crippen LogP contribution in [0.15, 0.2) is 28.0 Å². The number of aromatic carboxylic acids is 1. The molecule has 8 heteroatoms. The van der Waals surface area contributed by atoms with Gasteiger partial charge in [-0.15, -0.1) is 11.3 Å². The topological polar surface area (TPSA) is 109 Å². The lowest BCUT2D eigenvalue weighted by atomic mass is 10.2. The summed E-state index contributed by atoms with van der Waals surface area (Å²) in [6.45, 7) is 3.15. The first kappa shape index (κ1) is 16.8. The van der Waals surface area contributed by atoms with Crippen LogP contribution in [0, 0.1) is 6.92 Å². The second-order valence-electron chi connectivity index (χ2n) is 4.88. The Hall–Kier alpha value is -2.61. The summed E-state index contributed by atoms with van der Waals surface area (Å²) in [5.41, 5.74) is 0.0632. The Kier molecular flexibility index (Phi) is 5.17. The molecule has 0 spiro atoms. The molecule has 0 fully saturated rings. The van der Waals surface area contributed by atoms with Crippen LogP contribution in [0.1, 0.15) is 38.5 Å². The first-order valence-electron chi connectivity index (χ1n) is 6.83. The zero-order valence-electron chi connectivity index (χ0n) is 12.6. The Bertz CT molecular complexity index is 720. The van der Waals surface area contributed by atoms with Gasteiger partial charge < -0.3 is 20.2 Å². The number of thiophene rings is 1. The van der Waals surface area contributed by atoms with E-state index in [-0.39, 0.29) is 29.7 Å². The highest BCUT2D eigenvalue weighted by molar-refractivity contribution is 7.12. The minimum Gasteiger partial charge on any atom is -0.478 e. The Morgan fingerprint density at radius 1 is 1.39 bits per heavy atom. The quantitative estimate of drug-likeness (QED) is 0.745. The fraction of sp³-hybridized carbons (Fsp3) is 0.267. The van der Waals surface area contributed by atoms with E-state index >= 15 is 0 Å². The molecule has 0 bridgehead atoms. The second-order valence-corrected chi connectivity index (χ2v) is 5.83. The lowest BCUT2D eigenvalue weighted by Gasteiger charge is -2.12. The van der Waals surface area contributed by atoms with Crippen LogP contribution in [0.5, 0.6) is 0 Å². The summed E-state index contributed by atoms with van der Waals surface area (Å²) in [5, 5.41) is 15.9. The van der Waals surface area contributed by atoms with Crippen molar-refractivity contribution in [2.24, 2.45) is 0 Å². The molecule has 2 aromatic rings. The highest BCUT2D eigenvalue weighted by atomic mass is 32.1. The highest BCUT2D eigenvalue weighted by Gasteiger charge is 2.18. The van der Waals surface area contributed by atoms with Gasteiger partial charge in [0.25, 0.3) is 5.91 Å². The third-order valence-electron chi connectivity index (χ3n) is 3.12. The molecule has 23 heavy (non-hydrogen) atoms. The molecule has 1 unspecified atom stereocenters. The molecule has 1 atom stereocenters. The van der Waals surface area contributed by atoms with E-state index in [9.17, 15) is 14.4 Å². The number of amides is 2. The number of carbonyl (C=O) groups is 3. The summed E-state index contributed by atoms with van der Waals surface area (Å²) in [6.07, 6.45) is 0. The summed E-state index contributed by atoms with van der Waals surface area (Å²) in [6, 6.07) is 4.07. The number of carbonyl (C=O) groups excluding carboxylic acids is 2. The van der Waals surface area contributed by atoms with Crippen molar-refractivity contribution in [2.45, 2.75) is 26.4 Å². The Morgan fingerprint density at radius 2 is 2.13 bits per heavy atom. The van der Waals surface area contributed by atoms with Gasteiger partial charge in [-0.25, -0.2) is 4.79 Å². The Labute approximate surface area is 136 Å². The maximum Gasteiger partial charge on any atom is 0.339 e. The number of furan rings is 1. The van der Waals surface area contributed by atoms with Gasteiger partial charge in [0, 0.05) is 0 Å². The summed E-state index contributed by atoms with van der Waals surface area (Å²) in [5.74, 6) is -1.17. The molecule has 7 nitrogen and oxygen atoms in total. The average Bonchev–Trinajstić information content (AvgIpc) is 3.13. The van der Waals surface area contributed by atoms with E-state index in [4.69, 9.17) is 9.52 Å². The predicted octanol–water partition coefficient (Wildman–Crippen LogP) is 1.78. The molecule has 0 aromatic carbocycles. The van der Waals surface area contributed by atoms with Crippen molar-refractivity contribution in [3.63, 3.8) is 0 Å². The van der Waals surface area contributed by atoms with E-state index in [1.54, 1.807) is 31.4 Å². The van der Waals surface area contributed by atoms with Gasteiger partial charge in [0.1, 0.15) is 23.1 Å². The van der Waals surface area contributed by atoms with E-state index in [1.807, 2.05) is 0 Å². The van der Waals surface area contributed by atoms with Gasteiger partial charge in [0.05, 0.1) is 11.4 Å². The molecule has 0 saturated carbocycles. The first-order valence-corrected chi connectivity index (χ1v) is 7.71. The molecule has 2 rings (SSSR count). The van der Waals surface area contributed by atoms with Crippen LogP contribution in [-0.2, 0) is 11.3 Å². The van der Waals surface area contributed by atoms with Gasteiger partial charge in [-0.2, -0.15) is 0 Å². The van der Waals surface area contributed by atoms with Crippen molar-refractivity contribution in [3.05, 3.63) is 45.5 Å². The lowest BCUT2D eigenvalue weighted by molar-refractivity contribution is -0.122. The number of carboxylic acid groups (broad SMARTS) is 1. The highest BCUT2D eigenvalue weighted by Crippen LogP contribution is 2.14. The molecule has 0 aliphatic carbocycles. The summed E-state index contributed by atoms with van der Waals surface area (Å²) < 4.78 is 5.26. The van der Waals surface area contributed by atoms with Crippen LogP contribution < -0.4 is 10.6 Å². The number of hydrogen-bond acceptors (Lipinski definition) is 5. The van der Waals surface area contributed by atoms with Gasteiger partial charge in [0.15, 0.2) is 0 Å². The van der Waals surface area contributed by atoms with Crippen LogP contribution in [0.2, 0.25) is 0 Å². The molecule has 0 aliphatic rings. The third kappa shape index (κ3) is 4.19. The number of hydrogen-bond donors (Lipinski definition) is 3. The standard InChI is InChI=1S/C15H16N2O5S/c1-8(17-14(19)12-4-3-5-23-12)13(18)16-7-10-6-11(15(20)21)9(2)22-10/h3-6,8H,7H2,1-2H3,(H,16,18)(H,17,19)(H,20,21). The van der Waals surface area contributed by atoms with E-state index < -0.39 is 12.0 Å². The largest absolute Gasteiger partial charge is 0.478 e. The average molecular weight is 336 g/mol. The Morgan fingerprint density at radius 3 is 2.70 bits per heavy atom. The van der Waals surface area contributed by atoms with Crippen LogP contribution in [0.4, 0.5) is 0 Å². The zero-order valence-corrected chi connectivity index (χ0v) is 13.4. The smallest absolute Gasteiger partial charge is 0.339 e. The monoisotopic (exact) mass is 336 g/mol. The molecule has 2 heterocycles. The third-order valence-corrected chi connectivity index (χ3v) is 3.99. The number of carboxylic acids is 1. The molecular formula is C15H16N2O5S. The predicted molar refractivity (Wildman–Crippen MR) is 83.5 cm³/mol. The minimum atomic E-state index is -1.08. The minimum absolute atomic E-state index is 0.0478. The molecule has 122 valence electrons. The SMILES string of the molecule is Cc1oc(CNC(=O)C(C)NC(=O)c2cccs2)cc1C(=O)O. The van der Waals surface area contributed by atoms with Gasteiger partial charge in [-0.3, -0.25) is 9.59 Å². The van der Waals surface area contributed by atoms with Crippen LogP contribution >= 0.6 is 11.3 Å². The Balaban J connectivity index is 1.88. The maximum atomic E-state index is 12.0. The molecular weight excluding hydrogens is 320 g/mol. The molecule has 0 saturated heterocycles. The van der Waals surface area contributed by atoms with Crippen molar-refractivity contribution >= 4 is 29.1 Å². The van der Waals surface area contributed by atoms with E-state index in [0.29, 0.717) is 10.6 Å². The molecule has 2 amide bonds. The van der Waals surface area contributed by atoms with E-state index in [2.05, 4.69) is 10.6 Å². The molecule has 0 radical (unpaired) electrons. The number of aryl methyl sites for hydroxylation is 1. The summed E-state index contributed by atoms with van der Waals surface area (Å²) in [7, 11) is 0. The molecule has 3 N–H and O–H groups in total. The fourth-order valence-corrected chi connectivity index (χ4v) is 2.54. The normalized spacial score (nSPS) is 11.7. The van der Waals surface area contributed by atoms with E-state index in [1.165, 1.54) is 17.4 Å². The molecule has 0 aliphatic heterocycles. The fourth-order valence-electron chi connectivity index (χ4n) is 1.91. The maximum absolute atomic E-state index is 12.0. The summed E-state index contributed by atoms with van der Waals surface area (Å²) >= 11 is 1.29. The van der Waals surface area contributed by atoms with Gasteiger partial charge >= 0.3 is 5.97 Å². The zero-order chi connectivity index (χ0) is 17.0. The summed E-state index contributed by atoms with van der Waals surface area (Å²) in [4.78, 5) is 35.3. The van der Waals surface area contributed by atoms with Crippen molar-refractivity contribution in [1.82, 2.24) is 10.6 Å². The van der Waals surface area contributed by atoms with Crippen molar-refractivity contribution in [3.8, 4) is 0 Å². The van der Waals surface area contributed by atoms with Crippen LogP contribution in [0.25, 0.3) is 0 Å². The van der Waals surface area contributed by atoms with Gasteiger partial charge in [-0.1, -0.05) is 6.07 Å². The van der Waals surface area contributed by atoms with Crippen LogP contribution in [-0.4, -0.2) is 28.9 Å². The van der Waals surface area contributed by atoms with Crippen molar-refractivity contribution < 1.29 is 23.9 Å².